The van der Waals surface area contributed by atoms with Gasteiger partial charge >= 0.3 is 5.63 Å². The molecule has 2 aromatic rings. The molecule has 2 aliphatic rings. The molecule has 0 radical (unpaired) electrons. The SMILES string of the molecule is C[NH+](CC(O)COc1ccc2c3c(c(=O)oc2c1)CCC3)C1CCCCC1. The van der Waals surface area contributed by atoms with Crippen LogP contribution in [0.2, 0.25) is 0 Å². The van der Waals surface area contributed by atoms with Gasteiger partial charge < -0.3 is 19.2 Å². The normalized spacial score (nSPS) is 19.8. The number of hydrogen-bond donors (Lipinski definition) is 2. The van der Waals surface area contributed by atoms with Gasteiger partial charge in [0, 0.05) is 17.0 Å². The van der Waals surface area contributed by atoms with Crippen molar-refractivity contribution in [2.24, 2.45) is 0 Å². The molecule has 2 unspecified atom stereocenters. The largest absolute Gasteiger partial charge is 0.491 e. The zero-order valence-corrected chi connectivity index (χ0v) is 16.1. The fourth-order valence-electron chi connectivity index (χ4n) is 4.74. The van der Waals surface area contributed by atoms with Gasteiger partial charge in [-0.1, -0.05) is 6.42 Å². The number of fused-ring (bicyclic) bond motifs is 3. The van der Waals surface area contributed by atoms with Crippen LogP contribution in [0.15, 0.2) is 27.4 Å². The van der Waals surface area contributed by atoms with Crippen LogP contribution in [-0.4, -0.2) is 37.5 Å². The monoisotopic (exact) mass is 372 g/mol. The Morgan fingerprint density at radius 2 is 1.96 bits per heavy atom. The lowest BCUT2D eigenvalue weighted by Crippen LogP contribution is -3.14. The average molecular weight is 372 g/mol. The van der Waals surface area contributed by atoms with Gasteiger partial charge in [0.2, 0.25) is 0 Å². The van der Waals surface area contributed by atoms with Crippen molar-refractivity contribution in [1.82, 2.24) is 0 Å². The summed E-state index contributed by atoms with van der Waals surface area (Å²) < 4.78 is 11.3. The summed E-state index contributed by atoms with van der Waals surface area (Å²) in [5, 5.41) is 11.4. The van der Waals surface area contributed by atoms with Gasteiger partial charge in [-0.05, 0) is 62.6 Å². The highest BCUT2D eigenvalue weighted by Crippen LogP contribution is 2.29. The van der Waals surface area contributed by atoms with Crippen molar-refractivity contribution >= 4 is 11.0 Å². The predicted molar refractivity (Wildman–Crippen MR) is 105 cm³/mol. The molecule has 0 saturated heterocycles. The fourth-order valence-corrected chi connectivity index (χ4v) is 4.74. The van der Waals surface area contributed by atoms with Crippen LogP contribution in [0.25, 0.3) is 11.0 Å². The van der Waals surface area contributed by atoms with Crippen LogP contribution in [0.3, 0.4) is 0 Å². The Morgan fingerprint density at radius 3 is 2.78 bits per heavy atom. The summed E-state index contributed by atoms with van der Waals surface area (Å²) in [7, 11) is 2.17. The number of hydrogen-bond acceptors (Lipinski definition) is 4. The van der Waals surface area contributed by atoms with Crippen molar-refractivity contribution in [2.45, 2.75) is 63.5 Å². The van der Waals surface area contributed by atoms with E-state index in [4.69, 9.17) is 9.15 Å². The Bertz CT molecular complexity index is 853. The summed E-state index contributed by atoms with van der Waals surface area (Å²) in [4.78, 5) is 13.5. The first-order valence-electron chi connectivity index (χ1n) is 10.3. The van der Waals surface area contributed by atoms with Gasteiger partial charge in [-0.3, -0.25) is 0 Å². The third-order valence-corrected chi connectivity index (χ3v) is 6.25. The van der Waals surface area contributed by atoms with Gasteiger partial charge in [0.25, 0.3) is 0 Å². The third-order valence-electron chi connectivity index (χ3n) is 6.25. The molecule has 5 nitrogen and oxygen atoms in total. The van der Waals surface area contributed by atoms with Gasteiger partial charge in [0.05, 0.1) is 13.1 Å². The van der Waals surface area contributed by atoms with Crippen molar-refractivity contribution in [3.05, 3.63) is 39.7 Å². The number of rotatable bonds is 6. The molecule has 2 N–H and O–H groups in total. The molecule has 1 saturated carbocycles. The van der Waals surface area contributed by atoms with E-state index in [1.165, 1.54) is 37.0 Å². The van der Waals surface area contributed by atoms with E-state index in [2.05, 4.69) is 7.05 Å². The van der Waals surface area contributed by atoms with Crippen LogP contribution >= 0.6 is 0 Å². The molecule has 1 aromatic heterocycles. The quantitative estimate of drug-likeness (QED) is 0.760. The zero-order valence-electron chi connectivity index (χ0n) is 16.1. The molecule has 4 rings (SSSR count). The standard InChI is InChI=1S/C22H29NO4/c1-23(15-6-3-2-4-7-15)13-16(24)14-26-17-10-11-19-18-8-5-9-20(18)22(25)27-21(19)12-17/h10-12,15-16,24H,2-9,13-14H2,1H3/p+1. The summed E-state index contributed by atoms with van der Waals surface area (Å²) in [6.07, 6.45) is 8.73. The molecular formula is C22H30NO4+. The smallest absolute Gasteiger partial charge is 0.339 e. The fraction of sp³-hybridized carbons (Fsp3) is 0.591. The van der Waals surface area contributed by atoms with Gasteiger partial charge in [0.1, 0.15) is 30.6 Å². The lowest BCUT2D eigenvalue weighted by Gasteiger charge is -2.29. The average Bonchev–Trinajstić information content (AvgIpc) is 3.18. The second-order valence-electron chi connectivity index (χ2n) is 8.21. The molecule has 0 spiro atoms. The zero-order chi connectivity index (χ0) is 18.8. The summed E-state index contributed by atoms with van der Waals surface area (Å²) in [5.74, 6) is 0.637. The molecular weight excluding hydrogens is 342 g/mol. The van der Waals surface area contributed by atoms with Gasteiger partial charge in [0.15, 0.2) is 0 Å². The van der Waals surface area contributed by atoms with Crippen LogP contribution in [0.4, 0.5) is 0 Å². The maximum Gasteiger partial charge on any atom is 0.339 e. The van der Waals surface area contributed by atoms with Crippen molar-refractivity contribution in [3.63, 3.8) is 0 Å². The van der Waals surface area contributed by atoms with Crippen molar-refractivity contribution in [3.8, 4) is 5.75 Å². The summed E-state index contributed by atoms with van der Waals surface area (Å²) in [6, 6.07) is 6.32. The Morgan fingerprint density at radius 1 is 1.19 bits per heavy atom. The second kappa shape index (κ2) is 8.03. The molecule has 5 heteroatoms. The maximum atomic E-state index is 12.1. The highest BCUT2D eigenvalue weighted by Gasteiger charge is 2.24. The van der Waals surface area contributed by atoms with Crippen LogP contribution < -0.4 is 15.3 Å². The number of likely N-dealkylation sites (N-methyl/N-ethyl adjacent to an activating group) is 1. The number of ether oxygens (including phenoxy) is 1. The Balaban J connectivity index is 1.38. The van der Waals surface area contributed by atoms with Crippen LogP contribution in [-0.2, 0) is 12.8 Å². The van der Waals surface area contributed by atoms with E-state index >= 15 is 0 Å². The first-order valence-corrected chi connectivity index (χ1v) is 10.3. The highest BCUT2D eigenvalue weighted by molar-refractivity contribution is 5.83. The number of aliphatic hydroxyl groups is 1. The molecule has 1 fully saturated rings. The van der Waals surface area contributed by atoms with Crippen molar-refractivity contribution in [2.75, 3.05) is 20.2 Å². The number of quaternary nitrogens is 1. The van der Waals surface area contributed by atoms with E-state index in [0.717, 1.165) is 35.8 Å². The Labute approximate surface area is 159 Å². The number of nitrogens with one attached hydrogen (secondary N) is 1. The van der Waals surface area contributed by atoms with Crippen LogP contribution in [0, 0.1) is 0 Å². The molecule has 1 heterocycles. The molecule has 0 bridgehead atoms. The number of benzene rings is 1. The molecule has 2 atom stereocenters. The Hall–Kier alpha value is -1.85. The molecule has 146 valence electrons. The molecule has 2 aliphatic carbocycles. The van der Waals surface area contributed by atoms with Crippen LogP contribution in [0.5, 0.6) is 5.75 Å². The first kappa shape index (κ1) is 18.5. The summed E-state index contributed by atoms with van der Waals surface area (Å²) in [6.45, 7) is 0.950. The van der Waals surface area contributed by atoms with E-state index in [1.807, 2.05) is 12.1 Å². The minimum absolute atomic E-state index is 0.218. The first-order chi connectivity index (χ1) is 13.1. The van der Waals surface area contributed by atoms with Crippen molar-refractivity contribution in [1.29, 1.82) is 0 Å². The third kappa shape index (κ3) is 4.04. The lowest BCUT2D eigenvalue weighted by molar-refractivity contribution is -0.910. The summed E-state index contributed by atoms with van der Waals surface area (Å²) >= 11 is 0. The van der Waals surface area contributed by atoms with E-state index < -0.39 is 6.10 Å². The van der Waals surface area contributed by atoms with E-state index in [0.29, 0.717) is 23.9 Å². The number of aliphatic hydroxyl groups excluding tert-OH is 1. The topological polar surface area (TPSA) is 64.1 Å². The molecule has 0 amide bonds. The number of aryl methyl sites for hydroxylation is 1. The van der Waals surface area contributed by atoms with E-state index in [1.54, 1.807) is 6.07 Å². The van der Waals surface area contributed by atoms with Crippen molar-refractivity contribution < 1.29 is 19.2 Å². The van der Waals surface area contributed by atoms with Gasteiger partial charge in [-0.2, -0.15) is 0 Å². The van der Waals surface area contributed by atoms with Gasteiger partial charge in [-0.15, -0.1) is 0 Å². The maximum absolute atomic E-state index is 12.1. The highest BCUT2D eigenvalue weighted by atomic mass is 16.5. The second-order valence-corrected chi connectivity index (χ2v) is 8.21. The predicted octanol–water partition coefficient (Wildman–Crippen LogP) is 1.87. The van der Waals surface area contributed by atoms with E-state index in [-0.39, 0.29) is 12.2 Å². The molecule has 1 aromatic carbocycles. The lowest BCUT2D eigenvalue weighted by atomic mass is 9.94. The van der Waals surface area contributed by atoms with Crippen LogP contribution in [0.1, 0.15) is 49.7 Å². The Kier molecular flexibility index (Phi) is 5.50. The van der Waals surface area contributed by atoms with Gasteiger partial charge in [-0.25, -0.2) is 4.79 Å². The molecule has 27 heavy (non-hydrogen) atoms. The molecule has 0 aliphatic heterocycles. The minimum Gasteiger partial charge on any atom is -0.491 e. The van der Waals surface area contributed by atoms with E-state index in [9.17, 15) is 9.90 Å². The minimum atomic E-state index is -0.505. The summed E-state index contributed by atoms with van der Waals surface area (Å²) in [5.41, 5.74) is 2.33.